The van der Waals surface area contributed by atoms with E-state index in [0.717, 1.165) is 11.4 Å². The Balaban J connectivity index is 1.62. The van der Waals surface area contributed by atoms with Gasteiger partial charge in [-0.15, -0.1) is 0 Å². The molecule has 4 amide bonds. The van der Waals surface area contributed by atoms with Crippen molar-refractivity contribution in [3.8, 4) is 0 Å². The van der Waals surface area contributed by atoms with Gasteiger partial charge in [-0.1, -0.05) is 13.8 Å². The largest absolute Gasteiger partial charge is 0.356 e. The number of imide groups is 1. The van der Waals surface area contributed by atoms with Gasteiger partial charge < -0.3 is 15.1 Å². The molecule has 9 heteroatoms. The maximum absolute atomic E-state index is 13.0. The first-order valence-corrected chi connectivity index (χ1v) is 10.2. The lowest BCUT2D eigenvalue weighted by Crippen LogP contribution is -2.57. The first kappa shape index (κ1) is 19.6. The van der Waals surface area contributed by atoms with Crippen molar-refractivity contribution in [2.24, 2.45) is 5.92 Å². The van der Waals surface area contributed by atoms with Crippen molar-refractivity contribution >= 4 is 23.7 Å². The summed E-state index contributed by atoms with van der Waals surface area (Å²) in [6.07, 6.45) is 1.80. The highest BCUT2D eigenvalue weighted by Gasteiger charge is 2.57. The van der Waals surface area contributed by atoms with Gasteiger partial charge in [0.1, 0.15) is 22.9 Å². The van der Waals surface area contributed by atoms with E-state index in [2.05, 4.69) is 34.0 Å². The fourth-order valence-corrected chi connectivity index (χ4v) is 4.71. The second kappa shape index (κ2) is 6.96. The topological polar surface area (TPSA) is 98.7 Å². The molecule has 1 aromatic heterocycles. The van der Waals surface area contributed by atoms with Crippen molar-refractivity contribution in [2.75, 3.05) is 38.1 Å². The molecule has 2 fully saturated rings. The number of carbonyl (C=O) groups excluding carboxylic acids is 3. The van der Waals surface area contributed by atoms with Gasteiger partial charge in [0, 0.05) is 38.8 Å². The molecule has 4 heterocycles. The molecule has 1 aromatic rings. The number of hydrogen-bond acceptors (Lipinski definition) is 6. The Morgan fingerprint density at radius 2 is 1.83 bits per heavy atom. The zero-order valence-corrected chi connectivity index (χ0v) is 17.5. The van der Waals surface area contributed by atoms with Crippen LogP contribution in [0.2, 0.25) is 0 Å². The number of aromatic nitrogens is 2. The summed E-state index contributed by atoms with van der Waals surface area (Å²) in [5.41, 5.74) is 0.555. The number of anilines is 1. The van der Waals surface area contributed by atoms with E-state index >= 15 is 0 Å². The number of aryl methyl sites for hydroxylation is 1. The number of piperidine rings is 1. The molecule has 0 bridgehead atoms. The van der Waals surface area contributed by atoms with Crippen molar-refractivity contribution in [1.82, 2.24) is 25.1 Å². The number of nitrogens with zero attached hydrogens (tertiary/aromatic N) is 5. The summed E-state index contributed by atoms with van der Waals surface area (Å²) in [5, 5.41) is 2.83. The highest BCUT2D eigenvalue weighted by atomic mass is 16.2. The molecule has 0 aromatic carbocycles. The van der Waals surface area contributed by atoms with Crippen molar-refractivity contribution in [3.05, 3.63) is 17.1 Å². The average molecular weight is 400 g/mol. The number of nitrogens with one attached hydrogen (secondary N) is 1. The monoisotopic (exact) mass is 400 g/mol. The second-order valence-electron chi connectivity index (χ2n) is 8.60. The van der Waals surface area contributed by atoms with E-state index in [-0.39, 0.29) is 23.8 Å². The summed E-state index contributed by atoms with van der Waals surface area (Å²) in [7, 11) is 1.57. The van der Waals surface area contributed by atoms with E-state index < -0.39 is 5.54 Å². The minimum atomic E-state index is -0.772. The van der Waals surface area contributed by atoms with Gasteiger partial charge in [-0.05, 0) is 32.1 Å². The van der Waals surface area contributed by atoms with Gasteiger partial charge in [-0.2, -0.15) is 0 Å². The van der Waals surface area contributed by atoms with Crippen molar-refractivity contribution in [1.29, 1.82) is 0 Å². The first-order chi connectivity index (χ1) is 13.7. The van der Waals surface area contributed by atoms with Crippen molar-refractivity contribution in [2.45, 2.75) is 45.6 Å². The number of rotatable bonds is 3. The Morgan fingerprint density at radius 1 is 1.14 bits per heavy atom. The standard InChI is InChI=1S/C20H28N6O3/c1-12(2)11-26-19(29)24(4)18(28)20(26)6-9-25(10-7-20)16-14-5-8-21-17(27)15(14)22-13(3)23-16/h12H,5-11H2,1-4H3,(H,21,27). The van der Waals surface area contributed by atoms with Crippen LogP contribution in [-0.2, 0) is 11.2 Å². The summed E-state index contributed by atoms with van der Waals surface area (Å²) in [6.45, 7) is 8.24. The van der Waals surface area contributed by atoms with Crippen molar-refractivity contribution < 1.29 is 14.4 Å². The maximum Gasteiger partial charge on any atom is 0.327 e. The van der Waals surface area contributed by atoms with Crippen LogP contribution in [0.5, 0.6) is 0 Å². The molecule has 9 nitrogen and oxygen atoms in total. The summed E-state index contributed by atoms with van der Waals surface area (Å²) in [4.78, 5) is 52.1. The predicted octanol–water partition coefficient (Wildman–Crippen LogP) is 0.960. The summed E-state index contributed by atoms with van der Waals surface area (Å²) < 4.78 is 0. The van der Waals surface area contributed by atoms with Crippen LogP contribution in [0.1, 0.15) is 48.6 Å². The van der Waals surface area contributed by atoms with E-state index in [9.17, 15) is 14.4 Å². The Labute approximate surface area is 170 Å². The molecule has 2 saturated heterocycles. The molecule has 3 aliphatic heterocycles. The van der Waals surface area contributed by atoms with Gasteiger partial charge in [0.05, 0.1) is 0 Å². The SMILES string of the molecule is Cc1nc2c(c(N3CCC4(CC3)C(=O)N(C)C(=O)N4CC(C)C)n1)CCNC2=O. The van der Waals surface area contributed by atoms with E-state index in [0.29, 0.717) is 57.0 Å². The van der Waals surface area contributed by atoms with Gasteiger partial charge in [0.2, 0.25) is 0 Å². The van der Waals surface area contributed by atoms with Gasteiger partial charge in [-0.3, -0.25) is 14.5 Å². The fraction of sp³-hybridized carbons (Fsp3) is 0.650. The number of hydrogen-bond donors (Lipinski definition) is 1. The molecule has 0 radical (unpaired) electrons. The van der Waals surface area contributed by atoms with E-state index in [1.807, 2.05) is 0 Å². The molecule has 156 valence electrons. The highest BCUT2D eigenvalue weighted by molar-refractivity contribution is 6.07. The lowest BCUT2D eigenvalue weighted by Gasteiger charge is -2.43. The number of likely N-dealkylation sites (N-methyl/N-ethyl adjacent to an activating group) is 1. The third-order valence-electron chi connectivity index (χ3n) is 6.15. The zero-order valence-electron chi connectivity index (χ0n) is 17.5. The smallest absolute Gasteiger partial charge is 0.327 e. The number of amides is 4. The van der Waals surface area contributed by atoms with Gasteiger partial charge in [0.25, 0.3) is 11.8 Å². The maximum atomic E-state index is 13.0. The Hall–Kier alpha value is -2.71. The molecular formula is C20H28N6O3. The van der Waals surface area contributed by atoms with E-state index in [4.69, 9.17) is 0 Å². The van der Waals surface area contributed by atoms with Crippen LogP contribution in [0.4, 0.5) is 10.6 Å². The molecule has 0 atom stereocenters. The zero-order chi connectivity index (χ0) is 20.9. The fourth-order valence-electron chi connectivity index (χ4n) is 4.71. The Kier molecular flexibility index (Phi) is 4.71. The molecule has 0 saturated carbocycles. The van der Waals surface area contributed by atoms with Crippen LogP contribution >= 0.6 is 0 Å². The third-order valence-corrected chi connectivity index (χ3v) is 6.15. The van der Waals surface area contributed by atoms with E-state index in [1.165, 1.54) is 4.90 Å². The minimum absolute atomic E-state index is 0.108. The molecule has 1 N–H and O–H groups in total. The van der Waals surface area contributed by atoms with Gasteiger partial charge in [0.15, 0.2) is 0 Å². The first-order valence-electron chi connectivity index (χ1n) is 10.2. The van der Waals surface area contributed by atoms with Crippen LogP contribution in [-0.4, -0.2) is 76.4 Å². The number of urea groups is 1. The molecule has 1 spiro atoms. The lowest BCUT2D eigenvalue weighted by molar-refractivity contribution is -0.133. The van der Waals surface area contributed by atoms with Gasteiger partial charge >= 0.3 is 6.03 Å². The van der Waals surface area contributed by atoms with Gasteiger partial charge in [-0.25, -0.2) is 14.8 Å². The molecule has 29 heavy (non-hydrogen) atoms. The van der Waals surface area contributed by atoms with E-state index in [1.54, 1.807) is 18.9 Å². The number of carbonyl (C=O) groups is 3. The van der Waals surface area contributed by atoms with Crippen LogP contribution in [0.15, 0.2) is 0 Å². The third kappa shape index (κ3) is 3.03. The molecular weight excluding hydrogens is 372 g/mol. The molecule has 0 unspecified atom stereocenters. The Bertz CT molecular complexity index is 875. The minimum Gasteiger partial charge on any atom is -0.356 e. The summed E-state index contributed by atoms with van der Waals surface area (Å²) >= 11 is 0. The molecule has 0 aliphatic carbocycles. The predicted molar refractivity (Wildman–Crippen MR) is 107 cm³/mol. The van der Waals surface area contributed by atoms with Crippen molar-refractivity contribution in [3.63, 3.8) is 0 Å². The van der Waals surface area contributed by atoms with Crippen LogP contribution < -0.4 is 10.2 Å². The second-order valence-corrected chi connectivity index (χ2v) is 8.60. The molecule has 4 rings (SSSR count). The quantitative estimate of drug-likeness (QED) is 0.759. The Morgan fingerprint density at radius 3 is 2.48 bits per heavy atom. The van der Waals surface area contributed by atoms with Crippen LogP contribution in [0.25, 0.3) is 0 Å². The lowest BCUT2D eigenvalue weighted by atomic mass is 9.85. The summed E-state index contributed by atoms with van der Waals surface area (Å²) in [6, 6.07) is -0.205. The average Bonchev–Trinajstić information content (AvgIpc) is 2.85. The van der Waals surface area contributed by atoms with Crippen LogP contribution in [0.3, 0.4) is 0 Å². The normalized spacial score (nSPS) is 21.3. The molecule has 3 aliphatic rings. The summed E-state index contributed by atoms with van der Waals surface area (Å²) in [5.74, 6) is 1.36. The highest BCUT2D eigenvalue weighted by Crippen LogP contribution is 2.39. The van der Waals surface area contributed by atoms with Crippen LogP contribution in [0, 0.1) is 12.8 Å². The number of fused-ring (bicyclic) bond motifs is 1.